The van der Waals surface area contributed by atoms with Gasteiger partial charge in [-0.1, -0.05) is 30.3 Å². The SMILES string of the molecule is Cc1cc(C)n(C(C(=O)N[C@@H](C)c2ccccc2)n2nc(C)cc2C)n1. The monoisotopic (exact) mass is 351 g/mol. The standard InChI is InChI=1S/C20H25N5O/c1-13-11-15(3)24(22-13)20(25-16(4)12-14(2)23-25)19(26)21-17(5)18-9-7-6-8-10-18/h6-12,17,20H,1-5H3,(H,21,26)/t17-/m0/s1. The maximum atomic E-state index is 13.2. The van der Waals surface area contributed by atoms with E-state index in [9.17, 15) is 4.79 Å². The number of rotatable bonds is 5. The van der Waals surface area contributed by atoms with Crippen LogP contribution in [0.3, 0.4) is 0 Å². The van der Waals surface area contributed by atoms with Gasteiger partial charge in [-0.05, 0) is 52.3 Å². The Labute approximate surface area is 153 Å². The molecule has 3 rings (SSSR count). The molecule has 0 saturated carbocycles. The number of amides is 1. The second-order valence-corrected chi connectivity index (χ2v) is 6.76. The van der Waals surface area contributed by atoms with Gasteiger partial charge in [0, 0.05) is 11.4 Å². The van der Waals surface area contributed by atoms with E-state index in [-0.39, 0.29) is 11.9 Å². The second kappa shape index (κ2) is 7.15. The highest BCUT2D eigenvalue weighted by atomic mass is 16.2. The molecular formula is C20H25N5O. The maximum absolute atomic E-state index is 13.2. The van der Waals surface area contributed by atoms with Gasteiger partial charge >= 0.3 is 0 Å². The van der Waals surface area contributed by atoms with Crippen LogP contribution in [0.15, 0.2) is 42.5 Å². The van der Waals surface area contributed by atoms with Gasteiger partial charge < -0.3 is 5.32 Å². The number of benzene rings is 1. The Bertz CT molecular complexity index is 863. The number of aryl methyl sites for hydroxylation is 4. The van der Waals surface area contributed by atoms with Crippen molar-refractivity contribution in [3.63, 3.8) is 0 Å². The predicted octanol–water partition coefficient (Wildman–Crippen LogP) is 3.24. The van der Waals surface area contributed by atoms with Crippen LogP contribution in [0.25, 0.3) is 0 Å². The molecule has 6 heteroatoms. The summed E-state index contributed by atoms with van der Waals surface area (Å²) < 4.78 is 3.48. The molecule has 3 aromatic rings. The number of carbonyl (C=O) groups is 1. The van der Waals surface area contributed by atoms with E-state index in [2.05, 4.69) is 15.5 Å². The molecule has 1 N–H and O–H groups in total. The van der Waals surface area contributed by atoms with Gasteiger partial charge in [0.15, 0.2) is 0 Å². The Hall–Kier alpha value is -2.89. The summed E-state index contributed by atoms with van der Waals surface area (Å²) >= 11 is 0. The summed E-state index contributed by atoms with van der Waals surface area (Å²) in [6, 6.07) is 13.7. The van der Waals surface area contributed by atoms with Crippen molar-refractivity contribution >= 4 is 5.91 Å². The smallest absolute Gasteiger partial charge is 0.267 e. The normalized spacial score (nSPS) is 12.4. The van der Waals surface area contributed by atoms with Crippen LogP contribution in [0.4, 0.5) is 0 Å². The molecule has 136 valence electrons. The first-order valence-corrected chi connectivity index (χ1v) is 8.77. The van der Waals surface area contributed by atoms with Gasteiger partial charge in [-0.15, -0.1) is 0 Å². The van der Waals surface area contributed by atoms with Crippen molar-refractivity contribution in [2.45, 2.75) is 46.8 Å². The number of hydrogen-bond acceptors (Lipinski definition) is 3. The lowest BCUT2D eigenvalue weighted by molar-refractivity contribution is -0.126. The minimum atomic E-state index is -0.663. The van der Waals surface area contributed by atoms with Gasteiger partial charge in [0.25, 0.3) is 5.91 Å². The van der Waals surface area contributed by atoms with Gasteiger partial charge in [0.1, 0.15) is 0 Å². The minimum Gasteiger partial charge on any atom is -0.346 e. The fourth-order valence-corrected chi connectivity index (χ4v) is 3.23. The molecule has 0 aliphatic heterocycles. The third-order valence-corrected chi connectivity index (χ3v) is 4.45. The second-order valence-electron chi connectivity index (χ2n) is 6.76. The van der Waals surface area contributed by atoms with E-state index in [1.54, 1.807) is 9.36 Å². The quantitative estimate of drug-likeness (QED) is 0.767. The van der Waals surface area contributed by atoms with Crippen molar-refractivity contribution in [3.8, 4) is 0 Å². The van der Waals surface area contributed by atoms with Crippen molar-refractivity contribution < 1.29 is 4.79 Å². The van der Waals surface area contributed by atoms with Crippen molar-refractivity contribution in [3.05, 3.63) is 70.8 Å². The summed E-state index contributed by atoms with van der Waals surface area (Å²) in [5.74, 6) is -0.140. The fraction of sp³-hybridized carbons (Fsp3) is 0.350. The molecule has 0 fully saturated rings. The zero-order valence-electron chi connectivity index (χ0n) is 15.9. The number of aromatic nitrogens is 4. The molecule has 26 heavy (non-hydrogen) atoms. The van der Waals surface area contributed by atoms with E-state index in [1.165, 1.54) is 0 Å². The number of hydrogen-bond donors (Lipinski definition) is 1. The van der Waals surface area contributed by atoms with Crippen LogP contribution in [0, 0.1) is 27.7 Å². The minimum absolute atomic E-state index is 0.111. The summed E-state index contributed by atoms with van der Waals surface area (Å²) in [4.78, 5) is 13.2. The molecule has 0 aliphatic rings. The Morgan fingerprint density at radius 1 is 0.923 bits per heavy atom. The zero-order valence-corrected chi connectivity index (χ0v) is 15.9. The molecule has 2 heterocycles. The molecule has 1 aromatic carbocycles. The molecular weight excluding hydrogens is 326 g/mol. The van der Waals surface area contributed by atoms with Crippen molar-refractivity contribution in [2.24, 2.45) is 0 Å². The van der Waals surface area contributed by atoms with E-state index in [1.807, 2.05) is 77.1 Å². The largest absolute Gasteiger partial charge is 0.346 e. The van der Waals surface area contributed by atoms with Crippen molar-refractivity contribution in [2.75, 3.05) is 0 Å². The molecule has 0 radical (unpaired) electrons. The molecule has 0 spiro atoms. The molecule has 0 saturated heterocycles. The number of nitrogens with one attached hydrogen (secondary N) is 1. The highest BCUT2D eigenvalue weighted by Gasteiger charge is 2.28. The molecule has 0 aliphatic carbocycles. The number of carbonyl (C=O) groups excluding carboxylic acids is 1. The van der Waals surface area contributed by atoms with Crippen LogP contribution in [-0.4, -0.2) is 25.5 Å². The Morgan fingerprint density at radius 3 is 1.85 bits per heavy atom. The first-order chi connectivity index (χ1) is 12.4. The Kier molecular flexibility index (Phi) is 4.93. The van der Waals surface area contributed by atoms with Crippen LogP contribution in [0.1, 0.15) is 47.5 Å². The first-order valence-electron chi connectivity index (χ1n) is 8.77. The average Bonchev–Trinajstić information content (AvgIpc) is 3.09. The van der Waals surface area contributed by atoms with Crippen LogP contribution in [0.5, 0.6) is 0 Å². The van der Waals surface area contributed by atoms with Crippen molar-refractivity contribution in [1.82, 2.24) is 24.9 Å². The molecule has 0 bridgehead atoms. The van der Waals surface area contributed by atoms with Gasteiger partial charge in [0.05, 0.1) is 17.4 Å². The third kappa shape index (κ3) is 3.54. The van der Waals surface area contributed by atoms with Gasteiger partial charge in [-0.25, -0.2) is 9.36 Å². The fourth-order valence-electron chi connectivity index (χ4n) is 3.23. The summed E-state index contributed by atoms with van der Waals surface area (Å²) in [5, 5.41) is 12.2. The van der Waals surface area contributed by atoms with Gasteiger partial charge in [0.2, 0.25) is 6.17 Å². The molecule has 0 unspecified atom stereocenters. The Morgan fingerprint density at radius 2 is 1.42 bits per heavy atom. The lowest BCUT2D eigenvalue weighted by Crippen LogP contribution is -2.39. The molecule has 1 atom stereocenters. The highest BCUT2D eigenvalue weighted by molar-refractivity contribution is 5.80. The third-order valence-electron chi connectivity index (χ3n) is 4.45. The average molecular weight is 351 g/mol. The van der Waals surface area contributed by atoms with Gasteiger partial charge in [-0.2, -0.15) is 10.2 Å². The van der Waals surface area contributed by atoms with E-state index >= 15 is 0 Å². The molecule has 2 aromatic heterocycles. The molecule has 1 amide bonds. The van der Waals surface area contributed by atoms with Crippen LogP contribution < -0.4 is 5.32 Å². The highest BCUT2D eigenvalue weighted by Crippen LogP contribution is 2.19. The molecule has 6 nitrogen and oxygen atoms in total. The van der Waals surface area contributed by atoms with E-state index < -0.39 is 6.17 Å². The van der Waals surface area contributed by atoms with E-state index in [0.29, 0.717) is 0 Å². The maximum Gasteiger partial charge on any atom is 0.267 e. The van der Waals surface area contributed by atoms with Crippen molar-refractivity contribution in [1.29, 1.82) is 0 Å². The Balaban J connectivity index is 1.96. The summed E-state index contributed by atoms with van der Waals surface area (Å²) in [5.41, 5.74) is 4.64. The van der Waals surface area contributed by atoms with E-state index in [0.717, 1.165) is 28.3 Å². The lowest BCUT2D eigenvalue weighted by Gasteiger charge is -2.23. The summed E-state index contributed by atoms with van der Waals surface area (Å²) in [7, 11) is 0. The first kappa shape index (κ1) is 17.9. The van der Waals surface area contributed by atoms with Crippen LogP contribution >= 0.6 is 0 Å². The topological polar surface area (TPSA) is 64.7 Å². The van der Waals surface area contributed by atoms with Crippen LogP contribution in [0.2, 0.25) is 0 Å². The van der Waals surface area contributed by atoms with Gasteiger partial charge in [-0.3, -0.25) is 4.79 Å². The summed E-state index contributed by atoms with van der Waals surface area (Å²) in [6.45, 7) is 9.73. The zero-order chi connectivity index (χ0) is 18.8. The summed E-state index contributed by atoms with van der Waals surface area (Å²) in [6.07, 6.45) is -0.663. The number of nitrogens with zero attached hydrogens (tertiary/aromatic N) is 4. The van der Waals surface area contributed by atoms with E-state index in [4.69, 9.17) is 0 Å². The van der Waals surface area contributed by atoms with Crippen LogP contribution in [-0.2, 0) is 4.79 Å². The lowest BCUT2D eigenvalue weighted by atomic mass is 10.1. The predicted molar refractivity (Wildman–Crippen MR) is 101 cm³/mol.